The van der Waals surface area contributed by atoms with Gasteiger partial charge in [-0.05, 0) is 0 Å². The van der Waals surface area contributed by atoms with E-state index >= 15 is 0 Å². The Balaban J connectivity index is 1.72. The molecule has 0 atom stereocenters. The number of carboxylic acids is 1. The quantitative estimate of drug-likeness (QED) is 0.0256. The van der Waals surface area contributed by atoms with Crippen LogP contribution in [0.4, 0.5) is 22.0 Å². The lowest BCUT2D eigenvalue weighted by molar-refractivity contribution is -0.142. The Hall–Kier alpha value is -2.67. The molecule has 0 aliphatic rings. The molecular weight excluding hydrogens is 747 g/mol. The number of ether oxygens (including phenoxy) is 13. The summed E-state index contributed by atoms with van der Waals surface area (Å²) in [6, 6.07) is 0. The van der Waals surface area contributed by atoms with E-state index in [1.54, 1.807) is 0 Å². The van der Waals surface area contributed by atoms with E-state index in [0.29, 0.717) is 119 Å². The average Bonchev–Trinajstić information content (AvgIpc) is 3.16. The van der Waals surface area contributed by atoms with Gasteiger partial charge >= 0.3 is 11.9 Å². The second-order valence-corrected chi connectivity index (χ2v) is 10.3. The molecular formula is C33H51F5O16. The molecule has 16 nitrogen and oxygen atoms in total. The van der Waals surface area contributed by atoms with Crippen molar-refractivity contribution >= 4 is 11.9 Å². The first-order valence-corrected chi connectivity index (χ1v) is 17.1. The summed E-state index contributed by atoms with van der Waals surface area (Å²) in [4.78, 5) is 21.9. The van der Waals surface area contributed by atoms with Crippen molar-refractivity contribution in [2.24, 2.45) is 0 Å². The number of esters is 1. The lowest BCUT2D eigenvalue weighted by Crippen LogP contribution is -2.16. The molecule has 1 rings (SSSR count). The Labute approximate surface area is 310 Å². The summed E-state index contributed by atoms with van der Waals surface area (Å²) in [5.74, 6) is -15.2. The van der Waals surface area contributed by atoms with Gasteiger partial charge in [-0.2, -0.15) is 8.78 Å². The van der Waals surface area contributed by atoms with Crippen molar-refractivity contribution in [1.82, 2.24) is 0 Å². The van der Waals surface area contributed by atoms with Crippen LogP contribution in [0.2, 0.25) is 0 Å². The Morgan fingerprint density at radius 2 is 0.574 bits per heavy atom. The number of aliphatic carboxylic acids is 1. The van der Waals surface area contributed by atoms with E-state index in [1.165, 1.54) is 0 Å². The first-order chi connectivity index (χ1) is 26.3. The normalized spacial score (nSPS) is 11.4. The standard InChI is InChI=1S/C33H51F5O16/c34-28-29(35)31(37)33(32(38)30(28)36)54-27(41)1-2-42-3-4-43-5-6-44-7-8-45-9-10-46-11-12-47-13-14-48-15-16-49-17-18-50-19-20-51-21-22-52-23-24-53-25-26(39)40/h1-25H2,(H,39,40). The molecule has 0 bridgehead atoms. The summed E-state index contributed by atoms with van der Waals surface area (Å²) < 4.78 is 134. The lowest BCUT2D eigenvalue weighted by atomic mass is 10.2. The molecule has 0 saturated carbocycles. The molecule has 1 aromatic carbocycles. The molecule has 1 aromatic rings. The third-order valence-corrected chi connectivity index (χ3v) is 6.15. The van der Waals surface area contributed by atoms with Gasteiger partial charge in [0, 0.05) is 0 Å². The summed E-state index contributed by atoms with van der Waals surface area (Å²) in [5, 5.41) is 8.42. The molecule has 0 aromatic heterocycles. The summed E-state index contributed by atoms with van der Waals surface area (Å²) in [6.07, 6.45) is -0.494. The number of carbonyl (C=O) groups is 2. The predicted molar refractivity (Wildman–Crippen MR) is 174 cm³/mol. The smallest absolute Gasteiger partial charge is 0.329 e. The van der Waals surface area contributed by atoms with E-state index in [0.717, 1.165) is 0 Å². The number of rotatable bonds is 39. The Morgan fingerprint density at radius 1 is 0.352 bits per heavy atom. The molecule has 0 aliphatic heterocycles. The van der Waals surface area contributed by atoms with Crippen molar-refractivity contribution in [2.45, 2.75) is 6.42 Å². The monoisotopic (exact) mass is 798 g/mol. The summed E-state index contributed by atoms with van der Waals surface area (Å²) in [7, 11) is 0. The van der Waals surface area contributed by atoms with E-state index in [4.69, 9.17) is 61.9 Å². The maximum Gasteiger partial charge on any atom is 0.329 e. The Bertz CT molecular complexity index is 1080. The molecule has 0 amide bonds. The summed E-state index contributed by atoms with van der Waals surface area (Å²) in [5.41, 5.74) is 0. The van der Waals surface area contributed by atoms with Crippen LogP contribution in [0.5, 0.6) is 5.75 Å². The van der Waals surface area contributed by atoms with E-state index in [9.17, 15) is 31.5 Å². The van der Waals surface area contributed by atoms with Crippen molar-refractivity contribution in [3.8, 4) is 5.75 Å². The highest BCUT2D eigenvalue weighted by molar-refractivity contribution is 5.72. The zero-order chi connectivity index (χ0) is 39.5. The van der Waals surface area contributed by atoms with Gasteiger partial charge in [0.2, 0.25) is 34.8 Å². The predicted octanol–water partition coefficient (Wildman–Crippen LogP) is 1.96. The molecule has 0 spiro atoms. The summed E-state index contributed by atoms with van der Waals surface area (Å²) >= 11 is 0. The SMILES string of the molecule is O=C(O)COCCOCCOCCOCCOCCOCCOCCOCCOCCOCCOCCOCCC(=O)Oc1c(F)c(F)c(F)c(F)c1F. The number of hydrogen-bond acceptors (Lipinski definition) is 15. The topological polar surface area (TPSA) is 174 Å². The molecule has 0 fully saturated rings. The van der Waals surface area contributed by atoms with Crippen LogP contribution in [-0.4, -0.2) is 176 Å². The van der Waals surface area contributed by atoms with Crippen LogP contribution in [0.25, 0.3) is 0 Å². The van der Waals surface area contributed by atoms with Crippen LogP contribution in [-0.2, 0) is 66.4 Å². The second-order valence-electron chi connectivity index (χ2n) is 10.3. The largest absolute Gasteiger partial charge is 0.480 e. The van der Waals surface area contributed by atoms with Gasteiger partial charge in [-0.3, -0.25) is 4.79 Å². The fraction of sp³-hybridized carbons (Fsp3) is 0.758. The van der Waals surface area contributed by atoms with Gasteiger partial charge < -0.3 is 66.7 Å². The highest BCUT2D eigenvalue weighted by Gasteiger charge is 2.28. The minimum absolute atomic E-state index is 0.0723. The molecule has 0 saturated heterocycles. The van der Waals surface area contributed by atoms with E-state index in [1.807, 2.05) is 0 Å². The van der Waals surface area contributed by atoms with Crippen LogP contribution in [0.1, 0.15) is 6.42 Å². The lowest BCUT2D eigenvalue weighted by Gasteiger charge is -2.09. The van der Waals surface area contributed by atoms with Crippen molar-refractivity contribution in [3.05, 3.63) is 29.1 Å². The van der Waals surface area contributed by atoms with Crippen molar-refractivity contribution < 1.29 is 98.2 Å². The Morgan fingerprint density at radius 3 is 0.833 bits per heavy atom. The Kier molecular flexibility index (Phi) is 31.8. The van der Waals surface area contributed by atoms with E-state index in [-0.39, 0.29) is 39.6 Å². The highest BCUT2D eigenvalue weighted by Crippen LogP contribution is 2.29. The van der Waals surface area contributed by atoms with Crippen LogP contribution in [0, 0.1) is 29.1 Å². The molecule has 1 N–H and O–H groups in total. The van der Waals surface area contributed by atoms with Gasteiger partial charge in [-0.1, -0.05) is 0 Å². The maximum atomic E-state index is 13.5. The third-order valence-electron chi connectivity index (χ3n) is 6.15. The molecule has 0 heterocycles. The van der Waals surface area contributed by atoms with Crippen LogP contribution >= 0.6 is 0 Å². The number of halogens is 5. The number of hydrogen-bond donors (Lipinski definition) is 1. The van der Waals surface area contributed by atoms with Crippen LogP contribution < -0.4 is 4.74 Å². The number of carbonyl (C=O) groups excluding carboxylic acids is 1. The van der Waals surface area contributed by atoms with Crippen molar-refractivity contribution in [2.75, 3.05) is 159 Å². The first kappa shape index (κ1) is 49.3. The van der Waals surface area contributed by atoms with E-state index in [2.05, 4.69) is 4.74 Å². The van der Waals surface area contributed by atoms with Gasteiger partial charge in [0.05, 0.1) is 158 Å². The van der Waals surface area contributed by atoms with Crippen LogP contribution in [0.3, 0.4) is 0 Å². The zero-order valence-corrected chi connectivity index (χ0v) is 30.1. The molecule has 0 radical (unpaired) electrons. The van der Waals surface area contributed by atoms with E-state index < -0.39 is 53.2 Å². The average molecular weight is 799 g/mol. The third kappa shape index (κ3) is 27.0. The maximum absolute atomic E-state index is 13.5. The van der Waals surface area contributed by atoms with Gasteiger partial charge in [0.1, 0.15) is 6.61 Å². The van der Waals surface area contributed by atoms with Gasteiger partial charge in [0.15, 0.2) is 0 Å². The number of carboxylic acid groups (broad SMARTS) is 1. The van der Waals surface area contributed by atoms with Gasteiger partial charge in [0.25, 0.3) is 0 Å². The fourth-order valence-corrected chi connectivity index (χ4v) is 3.57. The minimum Gasteiger partial charge on any atom is -0.480 e. The van der Waals surface area contributed by atoms with Gasteiger partial charge in [-0.25, -0.2) is 18.0 Å². The summed E-state index contributed by atoms with van der Waals surface area (Å²) in [6.45, 7) is 7.33. The minimum atomic E-state index is -2.35. The molecule has 21 heteroatoms. The molecule has 0 unspecified atom stereocenters. The zero-order valence-electron chi connectivity index (χ0n) is 30.1. The van der Waals surface area contributed by atoms with Crippen molar-refractivity contribution in [3.63, 3.8) is 0 Å². The first-order valence-electron chi connectivity index (χ1n) is 17.1. The molecule has 54 heavy (non-hydrogen) atoms. The molecule has 314 valence electrons. The second kappa shape index (κ2) is 34.8. The van der Waals surface area contributed by atoms with Gasteiger partial charge in [-0.15, -0.1) is 0 Å². The fourth-order valence-electron chi connectivity index (χ4n) is 3.57. The highest BCUT2D eigenvalue weighted by atomic mass is 19.2. The van der Waals surface area contributed by atoms with Crippen LogP contribution in [0.15, 0.2) is 0 Å². The molecule has 0 aliphatic carbocycles. The van der Waals surface area contributed by atoms with Crippen molar-refractivity contribution in [1.29, 1.82) is 0 Å². The number of benzene rings is 1.